The first kappa shape index (κ1) is 18.2. The van der Waals surface area contributed by atoms with Crippen LogP contribution in [0.2, 0.25) is 0 Å². The van der Waals surface area contributed by atoms with E-state index in [0.717, 1.165) is 31.4 Å². The van der Waals surface area contributed by atoms with E-state index in [9.17, 15) is 9.59 Å². The van der Waals surface area contributed by atoms with Crippen molar-refractivity contribution in [3.05, 3.63) is 52.9 Å². The van der Waals surface area contributed by atoms with Gasteiger partial charge in [0.2, 0.25) is 0 Å². The van der Waals surface area contributed by atoms with Gasteiger partial charge in [-0.3, -0.25) is 9.59 Å². The predicted octanol–water partition coefficient (Wildman–Crippen LogP) is 3.13. The van der Waals surface area contributed by atoms with Gasteiger partial charge in [0.15, 0.2) is 0 Å². The standard InChI is InChI=1S/C20H25N3O3/c1-15(20(25)26-18-10-6-7-11-18)14-23-19(24)12-17(13-21-23)22(2)16-8-4-3-5-9-16/h3-5,8-9,12-13,15,18H,6-7,10-11,14H2,1-2H3. The number of nitrogens with zero attached hydrogens (tertiary/aromatic N) is 3. The Bertz CT molecular complexity index is 797. The lowest BCUT2D eigenvalue weighted by Crippen LogP contribution is -2.30. The van der Waals surface area contributed by atoms with Crippen molar-refractivity contribution in [1.82, 2.24) is 9.78 Å². The number of anilines is 2. The molecule has 0 aliphatic heterocycles. The lowest BCUT2D eigenvalue weighted by atomic mass is 10.2. The molecule has 1 fully saturated rings. The molecule has 138 valence electrons. The van der Waals surface area contributed by atoms with Gasteiger partial charge < -0.3 is 9.64 Å². The van der Waals surface area contributed by atoms with Crippen LogP contribution in [0.1, 0.15) is 32.6 Å². The van der Waals surface area contributed by atoms with Gasteiger partial charge in [-0.1, -0.05) is 25.1 Å². The van der Waals surface area contributed by atoms with Crippen LogP contribution in [0.3, 0.4) is 0 Å². The van der Waals surface area contributed by atoms with Crippen LogP contribution in [0.5, 0.6) is 0 Å². The highest BCUT2D eigenvalue weighted by Crippen LogP contribution is 2.22. The summed E-state index contributed by atoms with van der Waals surface area (Å²) in [6, 6.07) is 11.3. The van der Waals surface area contributed by atoms with E-state index in [1.807, 2.05) is 42.3 Å². The van der Waals surface area contributed by atoms with Gasteiger partial charge in [0, 0.05) is 18.8 Å². The Morgan fingerprint density at radius 1 is 1.27 bits per heavy atom. The number of hydrogen-bond donors (Lipinski definition) is 0. The van der Waals surface area contributed by atoms with E-state index < -0.39 is 5.92 Å². The molecule has 0 radical (unpaired) electrons. The molecule has 6 nitrogen and oxygen atoms in total. The van der Waals surface area contributed by atoms with Crippen LogP contribution in [-0.2, 0) is 16.1 Å². The number of para-hydroxylation sites is 1. The molecule has 1 unspecified atom stereocenters. The quantitative estimate of drug-likeness (QED) is 0.745. The molecule has 0 saturated heterocycles. The van der Waals surface area contributed by atoms with Crippen molar-refractivity contribution in [2.24, 2.45) is 5.92 Å². The van der Waals surface area contributed by atoms with Gasteiger partial charge >= 0.3 is 5.97 Å². The lowest BCUT2D eigenvalue weighted by Gasteiger charge is -2.20. The van der Waals surface area contributed by atoms with Gasteiger partial charge in [-0.15, -0.1) is 0 Å². The van der Waals surface area contributed by atoms with Crippen LogP contribution in [0.25, 0.3) is 0 Å². The monoisotopic (exact) mass is 355 g/mol. The fourth-order valence-electron chi connectivity index (χ4n) is 3.17. The number of rotatable bonds is 6. The summed E-state index contributed by atoms with van der Waals surface area (Å²) in [5.74, 6) is -0.658. The van der Waals surface area contributed by atoms with Crippen LogP contribution in [0, 0.1) is 5.92 Å². The van der Waals surface area contributed by atoms with Crippen LogP contribution in [0.15, 0.2) is 47.4 Å². The second-order valence-corrected chi connectivity index (χ2v) is 6.87. The smallest absolute Gasteiger partial charge is 0.310 e. The summed E-state index contributed by atoms with van der Waals surface area (Å²) in [5.41, 5.74) is 1.45. The Labute approximate surface area is 153 Å². The summed E-state index contributed by atoms with van der Waals surface area (Å²) in [6.45, 7) is 2.00. The van der Waals surface area contributed by atoms with E-state index in [-0.39, 0.29) is 24.2 Å². The predicted molar refractivity (Wildman–Crippen MR) is 101 cm³/mol. The minimum atomic E-state index is -0.404. The summed E-state index contributed by atoms with van der Waals surface area (Å²) in [4.78, 5) is 26.5. The molecule has 0 spiro atoms. The van der Waals surface area contributed by atoms with Crippen LogP contribution >= 0.6 is 0 Å². The van der Waals surface area contributed by atoms with Crippen molar-refractivity contribution < 1.29 is 9.53 Å². The van der Waals surface area contributed by atoms with Gasteiger partial charge in [-0.05, 0) is 37.8 Å². The summed E-state index contributed by atoms with van der Waals surface area (Å²) in [7, 11) is 1.89. The Kier molecular flexibility index (Phi) is 5.71. The molecule has 1 heterocycles. The maximum atomic E-state index is 12.4. The molecule has 26 heavy (non-hydrogen) atoms. The molecular weight excluding hydrogens is 330 g/mol. The average molecular weight is 355 g/mol. The second-order valence-electron chi connectivity index (χ2n) is 6.87. The third-order valence-corrected chi connectivity index (χ3v) is 4.82. The minimum Gasteiger partial charge on any atom is -0.462 e. The van der Waals surface area contributed by atoms with E-state index >= 15 is 0 Å². The van der Waals surface area contributed by atoms with E-state index in [1.165, 1.54) is 10.7 Å². The molecule has 0 bridgehead atoms. The molecule has 3 rings (SSSR count). The third kappa shape index (κ3) is 4.31. The van der Waals surface area contributed by atoms with Crippen molar-refractivity contribution in [3.8, 4) is 0 Å². The van der Waals surface area contributed by atoms with Crippen molar-refractivity contribution in [3.63, 3.8) is 0 Å². The Hall–Kier alpha value is -2.63. The molecule has 1 aromatic heterocycles. The summed E-state index contributed by atoms with van der Waals surface area (Å²) >= 11 is 0. The van der Waals surface area contributed by atoms with Gasteiger partial charge in [0.1, 0.15) is 6.10 Å². The van der Waals surface area contributed by atoms with Gasteiger partial charge in [-0.25, -0.2) is 4.68 Å². The lowest BCUT2D eigenvalue weighted by molar-refractivity contribution is -0.153. The Morgan fingerprint density at radius 3 is 2.62 bits per heavy atom. The first-order chi connectivity index (χ1) is 12.5. The molecule has 6 heteroatoms. The molecule has 1 atom stereocenters. The molecule has 2 aromatic rings. The summed E-state index contributed by atoms with van der Waals surface area (Å²) in [6.07, 6.45) is 5.79. The van der Waals surface area contributed by atoms with E-state index in [0.29, 0.717) is 5.69 Å². The van der Waals surface area contributed by atoms with E-state index in [2.05, 4.69) is 5.10 Å². The molecule has 0 amide bonds. The zero-order valence-corrected chi connectivity index (χ0v) is 15.3. The van der Waals surface area contributed by atoms with Crippen molar-refractivity contribution in [2.45, 2.75) is 45.3 Å². The average Bonchev–Trinajstić information content (AvgIpc) is 3.16. The highest BCUT2D eigenvalue weighted by molar-refractivity contribution is 5.72. The Balaban J connectivity index is 1.65. The topological polar surface area (TPSA) is 64.4 Å². The van der Waals surface area contributed by atoms with Gasteiger partial charge in [0.25, 0.3) is 5.56 Å². The molecule has 1 saturated carbocycles. The maximum Gasteiger partial charge on any atom is 0.310 e. The fourth-order valence-corrected chi connectivity index (χ4v) is 3.17. The zero-order chi connectivity index (χ0) is 18.5. The van der Waals surface area contributed by atoms with Gasteiger partial charge in [-0.2, -0.15) is 5.10 Å². The van der Waals surface area contributed by atoms with E-state index in [1.54, 1.807) is 13.1 Å². The van der Waals surface area contributed by atoms with Crippen molar-refractivity contribution in [1.29, 1.82) is 0 Å². The number of esters is 1. The fraction of sp³-hybridized carbons (Fsp3) is 0.450. The highest BCUT2D eigenvalue weighted by Gasteiger charge is 2.23. The van der Waals surface area contributed by atoms with E-state index in [4.69, 9.17) is 4.74 Å². The highest BCUT2D eigenvalue weighted by atomic mass is 16.5. The van der Waals surface area contributed by atoms with Gasteiger partial charge in [0.05, 0.1) is 24.3 Å². The number of ether oxygens (including phenoxy) is 1. The normalized spacial score (nSPS) is 15.6. The molecule has 1 aliphatic carbocycles. The van der Waals surface area contributed by atoms with Crippen LogP contribution < -0.4 is 10.5 Å². The van der Waals surface area contributed by atoms with Crippen molar-refractivity contribution >= 4 is 17.3 Å². The maximum absolute atomic E-state index is 12.4. The first-order valence-corrected chi connectivity index (χ1v) is 9.11. The number of hydrogen-bond acceptors (Lipinski definition) is 5. The molecule has 1 aliphatic rings. The summed E-state index contributed by atoms with van der Waals surface area (Å²) in [5, 5.41) is 4.23. The number of aromatic nitrogens is 2. The van der Waals surface area contributed by atoms with Crippen LogP contribution in [-0.4, -0.2) is 28.9 Å². The van der Waals surface area contributed by atoms with Crippen molar-refractivity contribution in [2.75, 3.05) is 11.9 Å². The Morgan fingerprint density at radius 2 is 1.96 bits per heavy atom. The second kappa shape index (κ2) is 8.17. The zero-order valence-electron chi connectivity index (χ0n) is 15.3. The number of carbonyl (C=O) groups excluding carboxylic acids is 1. The minimum absolute atomic E-state index is 0.0385. The molecular formula is C20H25N3O3. The number of carbonyl (C=O) groups is 1. The SMILES string of the molecule is CC(Cn1ncc(N(C)c2ccccc2)cc1=O)C(=O)OC1CCCC1. The molecule has 1 aromatic carbocycles. The number of benzene rings is 1. The first-order valence-electron chi connectivity index (χ1n) is 9.11. The van der Waals surface area contributed by atoms with Crippen LogP contribution in [0.4, 0.5) is 11.4 Å². The molecule has 0 N–H and O–H groups in total. The largest absolute Gasteiger partial charge is 0.462 e. The third-order valence-electron chi connectivity index (χ3n) is 4.82. The summed E-state index contributed by atoms with van der Waals surface area (Å²) < 4.78 is 6.84.